The summed E-state index contributed by atoms with van der Waals surface area (Å²) in [6.45, 7) is 0. The van der Waals surface area contributed by atoms with Crippen LogP contribution < -0.4 is 5.32 Å². The van der Waals surface area contributed by atoms with Crippen molar-refractivity contribution >= 4 is 27.3 Å². The van der Waals surface area contributed by atoms with Crippen molar-refractivity contribution in [2.24, 2.45) is 5.92 Å². The van der Waals surface area contributed by atoms with Crippen LogP contribution in [0, 0.1) is 5.92 Å². The lowest BCUT2D eigenvalue weighted by Crippen LogP contribution is -2.18. The molecule has 1 fully saturated rings. The smallest absolute Gasteiger partial charge is 0.0415 e. The van der Waals surface area contributed by atoms with Crippen molar-refractivity contribution in [3.63, 3.8) is 0 Å². The number of rotatable bonds is 4. The first-order valence-corrected chi connectivity index (χ1v) is 7.38. The van der Waals surface area contributed by atoms with E-state index in [4.69, 9.17) is 0 Å². The SMILES string of the molecule is CNC(CC1CCCC1)c1cc(Br)cs1. The van der Waals surface area contributed by atoms with Gasteiger partial charge in [-0.2, -0.15) is 0 Å². The van der Waals surface area contributed by atoms with Gasteiger partial charge in [-0.1, -0.05) is 25.7 Å². The molecule has 0 aliphatic heterocycles. The molecule has 1 nitrogen and oxygen atoms in total. The fraction of sp³-hybridized carbons (Fsp3) is 0.667. The van der Waals surface area contributed by atoms with Gasteiger partial charge in [-0.05, 0) is 41.4 Å². The Balaban J connectivity index is 1.97. The van der Waals surface area contributed by atoms with Crippen molar-refractivity contribution in [1.82, 2.24) is 5.32 Å². The summed E-state index contributed by atoms with van der Waals surface area (Å²) in [5.41, 5.74) is 0. The van der Waals surface area contributed by atoms with Crippen LogP contribution in [0.4, 0.5) is 0 Å². The maximum atomic E-state index is 3.52. The van der Waals surface area contributed by atoms with Gasteiger partial charge in [0, 0.05) is 20.8 Å². The van der Waals surface area contributed by atoms with Gasteiger partial charge < -0.3 is 5.32 Å². The van der Waals surface area contributed by atoms with Crippen LogP contribution in [0.25, 0.3) is 0 Å². The molecule has 1 heterocycles. The van der Waals surface area contributed by atoms with E-state index in [0.29, 0.717) is 6.04 Å². The lowest BCUT2D eigenvalue weighted by Gasteiger charge is -2.18. The van der Waals surface area contributed by atoms with E-state index in [1.807, 2.05) is 11.3 Å². The van der Waals surface area contributed by atoms with E-state index in [-0.39, 0.29) is 0 Å². The molecule has 1 aliphatic rings. The van der Waals surface area contributed by atoms with Crippen LogP contribution >= 0.6 is 27.3 Å². The lowest BCUT2D eigenvalue weighted by molar-refractivity contribution is 0.417. The van der Waals surface area contributed by atoms with Crippen LogP contribution in [-0.4, -0.2) is 7.05 Å². The highest BCUT2D eigenvalue weighted by Crippen LogP contribution is 2.35. The average molecular weight is 288 g/mol. The van der Waals surface area contributed by atoms with Crippen LogP contribution in [0.2, 0.25) is 0 Å². The van der Waals surface area contributed by atoms with E-state index >= 15 is 0 Å². The Morgan fingerprint density at radius 3 is 2.80 bits per heavy atom. The Morgan fingerprint density at radius 1 is 1.53 bits per heavy atom. The van der Waals surface area contributed by atoms with E-state index < -0.39 is 0 Å². The minimum absolute atomic E-state index is 0.560. The third-order valence-electron chi connectivity index (χ3n) is 3.32. The minimum atomic E-state index is 0.560. The van der Waals surface area contributed by atoms with Gasteiger partial charge in [0.1, 0.15) is 0 Å². The van der Waals surface area contributed by atoms with Crippen molar-refractivity contribution in [3.8, 4) is 0 Å². The molecule has 1 aromatic heterocycles. The molecule has 84 valence electrons. The van der Waals surface area contributed by atoms with Gasteiger partial charge in [-0.15, -0.1) is 11.3 Å². The van der Waals surface area contributed by atoms with Crippen LogP contribution in [0.3, 0.4) is 0 Å². The largest absolute Gasteiger partial charge is 0.312 e. The molecule has 0 spiro atoms. The summed E-state index contributed by atoms with van der Waals surface area (Å²) in [5.74, 6) is 0.948. The standard InChI is InChI=1S/C12H18BrNS/c1-14-11(6-9-4-2-3-5-9)12-7-10(13)8-15-12/h7-9,11,14H,2-6H2,1H3. The van der Waals surface area contributed by atoms with Crippen LogP contribution in [-0.2, 0) is 0 Å². The third kappa shape index (κ3) is 3.05. The zero-order valence-electron chi connectivity index (χ0n) is 9.13. The fourth-order valence-corrected chi connectivity index (χ4v) is 4.04. The first-order chi connectivity index (χ1) is 7.29. The quantitative estimate of drug-likeness (QED) is 0.868. The van der Waals surface area contributed by atoms with E-state index in [2.05, 4.69) is 39.7 Å². The molecule has 1 saturated carbocycles. The molecule has 1 atom stereocenters. The predicted octanol–water partition coefficient (Wildman–Crippen LogP) is 4.35. The summed E-state index contributed by atoms with van der Waals surface area (Å²) in [6.07, 6.45) is 7.06. The normalized spacial score (nSPS) is 19.6. The number of hydrogen-bond donors (Lipinski definition) is 1. The Bertz CT molecular complexity index is 304. The second-order valence-corrected chi connectivity index (χ2v) is 6.25. The van der Waals surface area contributed by atoms with Gasteiger partial charge in [0.05, 0.1) is 0 Å². The van der Waals surface area contributed by atoms with E-state index in [0.717, 1.165) is 5.92 Å². The number of thiophene rings is 1. The molecular weight excluding hydrogens is 270 g/mol. The first-order valence-electron chi connectivity index (χ1n) is 5.71. The molecule has 1 N–H and O–H groups in total. The molecule has 0 radical (unpaired) electrons. The van der Waals surface area contributed by atoms with E-state index in [9.17, 15) is 0 Å². The molecule has 15 heavy (non-hydrogen) atoms. The highest BCUT2D eigenvalue weighted by Gasteiger charge is 2.21. The zero-order valence-corrected chi connectivity index (χ0v) is 11.5. The second-order valence-electron chi connectivity index (χ2n) is 4.39. The summed E-state index contributed by atoms with van der Waals surface area (Å²) in [5, 5.41) is 5.62. The van der Waals surface area contributed by atoms with Gasteiger partial charge in [-0.25, -0.2) is 0 Å². The molecule has 0 aromatic carbocycles. The maximum Gasteiger partial charge on any atom is 0.0415 e. The molecule has 0 bridgehead atoms. The van der Waals surface area contributed by atoms with Crippen LogP contribution in [0.15, 0.2) is 15.9 Å². The highest BCUT2D eigenvalue weighted by atomic mass is 79.9. The summed E-state index contributed by atoms with van der Waals surface area (Å²) in [7, 11) is 2.08. The number of nitrogens with one attached hydrogen (secondary N) is 1. The predicted molar refractivity (Wildman–Crippen MR) is 70.4 cm³/mol. The van der Waals surface area contributed by atoms with Crippen LogP contribution in [0.5, 0.6) is 0 Å². The van der Waals surface area contributed by atoms with Gasteiger partial charge in [-0.3, -0.25) is 0 Å². The zero-order chi connectivity index (χ0) is 10.7. The molecule has 1 unspecified atom stereocenters. The Hall–Kier alpha value is 0.140. The molecule has 1 aliphatic carbocycles. The topological polar surface area (TPSA) is 12.0 Å². The number of halogens is 1. The van der Waals surface area contributed by atoms with Crippen molar-refractivity contribution in [2.75, 3.05) is 7.05 Å². The van der Waals surface area contributed by atoms with Crippen LogP contribution in [0.1, 0.15) is 43.0 Å². The summed E-state index contributed by atoms with van der Waals surface area (Å²) < 4.78 is 1.22. The van der Waals surface area contributed by atoms with Gasteiger partial charge in [0.2, 0.25) is 0 Å². The molecular formula is C12H18BrNS. The van der Waals surface area contributed by atoms with Crippen molar-refractivity contribution in [1.29, 1.82) is 0 Å². The Morgan fingerprint density at radius 2 is 2.27 bits per heavy atom. The van der Waals surface area contributed by atoms with Crippen molar-refractivity contribution < 1.29 is 0 Å². The van der Waals surface area contributed by atoms with Crippen molar-refractivity contribution in [3.05, 3.63) is 20.8 Å². The lowest BCUT2D eigenvalue weighted by atomic mass is 9.97. The molecule has 0 saturated heterocycles. The van der Waals surface area contributed by atoms with E-state index in [1.165, 1.54) is 41.5 Å². The average Bonchev–Trinajstić information content (AvgIpc) is 2.85. The van der Waals surface area contributed by atoms with Gasteiger partial charge in [0.15, 0.2) is 0 Å². The third-order valence-corrected chi connectivity index (χ3v) is 5.13. The van der Waals surface area contributed by atoms with Gasteiger partial charge in [0.25, 0.3) is 0 Å². The summed E-state index contributed by atoms with van der Waals surface area (Å²) in [4.78, 5) is 1.47. The van der Waals surface area contributed by atoms with Gasteiger partial charge >= 0.3 is 0 Å². The Kier molecular flexibility index (Phi) is 4.23. The maximum absolute atomic E-state index is 3.52. The number of hydrogen-bond acceptors (Lipinski definition) is 2. The fourth-order valence-electron chi connectivity index (χ4n) is 2.47. The minimum Gasteiger partial charge on any atom is -0.312 e. The molecule has 2 rings (SSSR count). The summed E-state index contributed by atoms with van der Waals surface area (Å²) >= 11 is 5.38. The monoisotopic (exact) mass is 287 g/mol. The van der Waals surface area contributed by atoms with Crippen molar-refractivity contribution in [2.45, 2.75) is 38.1 Å². The molecule has 3 heteroatoms. The Labute approximate surface area is 104 Å². The summed E-state index contributed by atoms with van der Waals surface area (Å²) in [6, 6.07) is 2.81. The van der Waals surface area contributed by atoms with E-state index in [1.54, 1.807) is 0 Å². The molecule has 1 aromatic rings. The second kappa shape index (κ2) is 5.46. The highest BCUT2D eigenvalue weighted by molar-refractivity contribution is 9.10. The molecule has 0 amide bonds. The first kappa shape index (κ1) is 11.6.